The van der Waals surface area contributed by atoms with Crippen molar-refractivity contribution in [2.75, 3.05) is 5.32 Å². The van der Waals surface area contributed by atoms with Crippen LogP contribution in [-0.2, 0) is 6.54 Å². The van der Waals surface area contributed by atoms with E-state index in [4.69, 9.17) is 0 Å². The fourth-order valence-electron chi connectivity index (χ4n) is 2.31. The smallest absolute Gasteiger partial charge is 0.269 e. The molecule has 0 fully saturated rings. The molecule has 8 nitrogen and oxygen atoms in total. The Hall–Kier alpha value is -3.24. The number of hydrogen-bond acceptors (Lipinski definition) is 9. The first-order chi connectivity index (χ1) is 13.2. The van der Waals surface area contributed by atoms with Gasteiger partial charge in [0.05, 0.1) is 11.5 Å². The molecule has 0 saturated carbocycles. The van der Waals surface area contributed by atoms with Crippen LogP contribution in [0.25, 0.3) is 21.1 Å². The molecule has 0 aliphatic heterocycles. The van der Waals surface area contributed by atoms with E-state index >= 15 is 0 Å². The molecule has 0 aliphatic rings. The van der Waals surface area contributed by atoms with E-state index in [1.807, 2.05) is 30.3 Å². The zero-order chi connectivity index (χ0) is 18.6. The highest BCUT2D eigenvalue weighted by Crippen LogP contribution is 2.28. The molecular formula is C17H12N6O2S2. The standard InChI is InChI=1S/C17H12N6O2S2/c24-23(25)13-8-6-12(7-9-13)15-20-19-14(26-15)10-18-17-22-21-16(27-17)11-4-2-1-3-5-11/h1-9H,10H2,(H,18,22). The summed E-state index contributed by atoms with van der Waals surface area (Å²) >= 11 is 2.90. The van der Waals surface area contributed by atoms with E-state index < -0.39 is 4.92 Å². The third-order valence-electron chi connectivity index (χ3n) is 3.63. The summed E-state index contributed by atoms with van der Waals surface area (Å²) in [5.74, 6) is 0. The number of nitro groups is 1. The van der Waals surface area contributed by atoms with E-state index in [0.29, 0.717) is 16.7 Å². The monoisotopic (exact) mass is 396 g/mol. The van der Waals surface area contributed by atoms with Gasteiger partial charge in [-0.1, -0.05) is 53.0 Å². The summed E-state index contributed by atoms with van der Waals surface area (Å²) in [5, 5.41) is 33.6. The summed E-state index contributed by atoms with van der Waals surface area (Å²) in [4.78, 5) is 10.3. The molecule has 2 aromatic carbocycles. The lowest BCUT2D eigenvalue weighted by Gasteiger charge is -1.96. The van der Waals surface area contributed by atoms with Crippen LogP contribution in [0.5, 0.6) is 0 Å². The Kier molecular flexibility index (Phi) is 4.81. The van der Waals surface area contributed by atoms with Crippen LogP contribution in [0.1, 0.15) is 5.01 Å². The Balaban J connectivity index is 1.41. The fourth-order valence-corrected chi connectivity index (χ4v) is 3.84. The molecule has 1 N–H and O–H groups in total. The molecule has 4 rings (SSSR count). The predicted octanol–water partition coefficient (Wildman–Crippen LogP) is 4.24. The summed E-state index contributed by atoms with van der Waals surface area (Å²) in [7, 11) is 0. The van der Waals surface area contributed by atoms with Crippen LogP contribution in [0, 0.1) is 10.1 Å². The minimum atomic E-state index is -0.426. The van der Waals surface area contributed by atoms with Crippen molar-refractivity contribution >= 4 is 33.5 Å². The topological polar surface area (TPSA) is 107 Å². The molecule has 2 heterocycles. The third-order valence-corrected chi connectivity index (χ3v) is 5.53. The second-order valence-corrected chi connectivity index (χ2v) is 7.48. The van der Waals surface area contributed by atoms with Gasteiger partial charge in [-0.25, -0.2) is 0 Å². The van der Waals surface area contributed by atoms with E-state index in [-0.39, 0.29) is 5.69 Å². The molecule has 0 spiro atoms. The average molecular weight is 396 g/mol. The van der Waals surface area contributed by atoms with Crippen molar-refractivity contribution in [2.45, 2.75) is 6.54 Å². The van der Waals surface area contributed by atoms with Crippen molar-refractivity contribution in [3.8, 4) is 21.1 Å². The summed E-state index contributed by atoms with van der Waals surface area (Å²) in [6.45, 7) is 0.480. The number of rotatable bonds is 6. The molecule has 27 heavy (non-hydrogen) atoms. The minimum Gasteiger partial charge on any atom is -0.353 e. The summed E-state index contributed by atoms with van der Waals surface area (Å²) < 4.78 is 0. The molecule has 0 saturated heterocycles. The molecule has 2 aromatic heterocycles. The van der Waals surface area contributed by atoms with Crippen molar-refractivity contribution in [3.63, 3.8) is 0 Å². The SMILES string of the molecule is O=[N+]([O-])c1ccc(-c2nnc(CNc3nnc(-c4ccccc4)s3)s2)cc1. The second kappa shape index (κ2) is 7.56. The lowest BCUT2D eigenvalue weighted by molar-refractivity contribution is -0.384. The van der Waals surface area contributed by atoms with Crippen LogP contribution in [0.15, 0.2) is 54.6 Å². The maximum absolute atomic E-state index is 10.7. The molecular weight excluding hydrogens is 384 g/mol. The Morgan fingerprint density at radius 1 is 0.852 bits per heavy atom. The van der Waals surface area contributed by atoms with Crippen molar-refractivity contribution < 1.29 is 4.92 Å². The van der Waals surface area contributed by atoms with Crippen LogP contribution in [-0.4, -0.2) is 25.3 Å². The molecule has 10 heteroatoms. The van der Waals surface area contributed by atoms with Crippen molar-refractivity contribution in [2.24, 2.45) is 0 Å². The van der Waals surface area contributed by atoms with E-state index in [1.54, 1.807) is 12.1 Å². The largest absolute Gasteiger partial charge is 0.353 e. The Morgan fingerprint density at radius 3 is 2.26 bits per heavy atom. The van der Waals surface area contributed by atoms with Gasteiger partial charge in [0.2, 0.25) is 5.13 Å². The molecule has 0 atom stereocenters. The van der Waals surface area contributed by atoms with E-state index in [0.717, 1.165) is 21.1 Å². The predicted molar refractivity (Wildman–Crippen MR) is 105 cm³/mol. The number of nitrogens with one attached hydrogen (secondary N) is 1. The van der Waals surface area contributed by atoms with E-state index in [2.05, 4.69) is 25.7 Å². The second-order valence-electron chi connectivity index (χ2n) is 5.44. The maximum atomic E-state index is 10.7. The number of anilines is 1. The van der Waals surface area contributed by atoms with E-state index in [9.17, 15) is 10.1 Å². The number of aromatic nitrogens is 4. The molecule has 0 aliphatic carbocycles. The summed E-state index contributed by atoms with van der Waals surface area (Å²) in [6.07, 6.45) is 0. The summed E-state index contributed by atoms with van der Waals surface area (Å²) in [6, 6.07) is 16.1. The molecule has 134 valence electrons. The summed E-state index contributed by atoms with van der Waals surface area (Å²) in [5.41, 5.74) is 1.88. The van der Waals surface area contributed by atoms with Gasteiger partial charge in [-0.05, 0) is 12.1 Å². The van der Waals surface area contributed by atoms with Gasteiger partial charge in [0, 0.05) is 23.3 Å². The first-order valence-electron chi connectivity index (χ1n) is 7.89. The highest BCUT2D eigenvalue weighted by Gasteiger charge is 2.11. The molecule has 0 amide bonds. The van der Waals surface area contributed by atoms with Crippen molar-refractivity contribution in [1.29, 1.82) is 0 Å². The van der Waals surface area contributed by atoms with Gasteiger partial charge in [-0.15, -0.1) is 20.4 Å². The van der Waals surface area contributed by atoms with Gasteiger partial charge in [-0.3, -0.25) is 10.1 Å². The molecule has 0 unspecified atom stereocenters. The van der Waals surface area contributed by atoms with Gasteiger partial charge in [0.25, 0.3) is 5.69 Å². The Labute approximate surface area is 161 Å². The minimum absolute atomic E-state index is 0.0515. The fraction of sp³-hybridized carbons (Fsp3) is 0.0588. The zero-order valence-corrected chi connectivity index (χ0v) is 15.4. The number of nitrogens with zero attached hydrogens (tertiary/aromatic N) is 5. The van der Waals surface area contributed by atoms with E-state index in [1.165, 1.54) is 34.8 Å². The van der Waals surface area contributed by atoms with Crippen LogP contribution < -0.4 is 5.32 Å². The van der Waals surface area contributed by atoms with Gasteiger partial charge in [0.15, 0.2) is 0 Å². The lowest BCUT2D eigenvalue weighted by atomic mass is 10.2. The maximum Gasteiger partial charge on any atom is 0.269 e. The van der Waals surface area contributed by atoms with Gasteiger partial charge < -0.3 is 5.32 Å². The first kappa shape index (κ1) is 17.2. The van der Waals surface area contributed by atoms with Gasteiger partial charge in [0.1, 0.15) is 15.0 Å². The highest BCUT2D eigenvalue weighted by molar-refractivity contribution is 7.18. The van der Waals surface area contributed by atoms with Gasteiger partial charge >= 0.3 is 0 Å². The number of hydrogen-bond donors (Lipinski definition) is 1. The normalized spacial score (nSPS) is 10.7. The number of non-ortho nitro benzene ring substituents is 1. The zero-order valence-electron chi connectivity index (χ0n) is 13.8. The third kappa shape index (κ3) is 3.96. The van der Waals surface area contributed by atoms with Crippen LogP contribution >= 0.6 is 22.7 Å². The number of benzene rings is 2. The van der Waals surface area contributed by atoms with Crippen LogP contribution in [0.2, 0.25) is 0 Å². The van der Waals surface area contributed by atoms with Gasteiger partial charge in [-0.2, -0.15) is 0 Å². The first-order valence-corrected chi connectivity index (χ1v) is 9.52. The average Bonchev–Trinajstić information content (AvgIpc) is 3.37. The van der Waals surface area contributed by atoms with Crippen LogP contribution in [0.3, 0.4) is 0 Å². The Bertz CT molecular complexity index is 1060. The van der Waals surface area contributed by atoms with Crippen molar-refractivity contribution in [1.82, 2.24) is 20.4 Å². The Morgan fingerprint density at radius 2 is 1.52 bits per heavy atom. The highest BCUT2D eigenvalue weighted by atomic mass is 32.1. The lowest BCUT2D eigenvalue weighted by Crippen LogP contribution is -1.98. The molecule has 0 bridgehead atoms. The molecule has 4 aromatic rings. The van der Waals surface area contributed by atoms with Crippen molar-refractivity contribution in [3.05, 3.63) is 69.7 Å². The quantitative estimate of drug-likeness (QED) is 0.383. The number of nitro benzene ring substituents is 1. The molecule has 0 radical (unpaired) electrons. The van der Waals surface area contributed by atoms with Crippen LogP contribution in [0.4, 0.5) is 10.8 Å².